The van der Waals surface area contributed by atoms with Crippen molar-refractivity contribution in [1.82, 2.24) is 19.3 Å². The number of aromatic nitrogens is 3. The molecule has 0 radical (unpaired) electrons. The Hall–Kier alpha value is -2.50. The third-order valence-electron chi connectivity index (χ3n) is 5.17. The van der Waals surface area contributed by atoms with Crippen molar-refractivity contribution in [3.8, 4) is 11.1 Å². The fourth-order valence-corrected chi connectivity index (χ4v) is 4.64. The van der Waals surface area contributed by atoms with Crippen LogP contribution in [0.15, 0.2) is 66.7 Å². The van der Waals surface area contributed by atoms with Gasteiger partial charge >= 0.3 is 0 Å². The molecule has 1 saturated heterocycles. The van der Waals surface area contributed by atoms with Crippen LogP contribution in [0, 0.1) is 0 Å². The minimum absolute atomic E-state index is 0.409. The summed E-state index contributed by atoms with van der Waals surface area (Å²) in [6, 6.07) is 13.2. The summed E-state index contributed by atoms with van der Waals surface area (Å²) < 4.78 is 2.15. The van der Waals surface area contributed by atoms with Crippen LogP contribution in [0.1, 0.15) is 29.5 Å². The first-order valence-electron chi connectivity index (χ1n) is 9.02. The lowest BCUT2D eigenvalue weighted by atomic mass is 10.1. The van der Waals surface area contributed by atoms with Gasteiger partial charge in [-0.25, -0.2) is 4.98 Å². The van der Waals surface area contributed by atoms with Gasteiger partial charge in [0.1, 0.15) is 0 Å². The smallest absolute Gasteiger partial charge is 0.0996 e. The molecule has 5 heterocycles. The molecule has 5 rings (SSSR count). The second-order valence-electron chi connectivity index (χ2n) is 6.79. The Morgan fingerprint density at radius 3 is 2.96 bits per heavy atom. The molecule has 0 bridgehead atoms. The molecule has 1 atom stereocenters. The first kappa shape index (κ1) is 15.7. The molecule has 1 aliphatic rings. The first-order valence-corrected chi connectivity index (χ1v) is 9.90. The molecule has 4 aromatic heterocycles. The van der Waals surface area contributed by atoms with Crippen molar-refractivity contribution in [2.45, 2.75) is 25.4 Å². The molecule has 0 amide bonds. The minimum atomic E-state index is 0.409. The molecule has 0 saturated carbocycles. The monoisotopic (exact) mass is 360 g/mol. The molecule has 1 fully saturated rings. The molecular weight excluding hydrogens is 340 g/mol. The van der Waals surface area contributed by atoms with E-state index in [1.165, 1.54) is 28.9 Å². The summed E-state index contributed by atoms with van der Waals surface area (Å²) >= 11 is 1.84. The molecule has 0 aromatic carbocycles. The van der Waals surface area contributed by atoms with Crippen LogP contribution in [0.3, 0.4) is 0 Å². The van der Waals surface area contributed by atoms with Crippen molar-refractivity contribution in [2.75, 3.05) is 6.54 Å². The molecular formula is C21H20N4S. The predicted molar refractivity (Wildman–Crippen MR) is 105 cm³/mol. The molecule has 0 N–H and O–H groups in total. The lowest BCUT2D eigenvalue weighted by Gasteiger charge is -2.22. The maximum atomic E-state index is 4.80. The van der Waals surface area contributed by atoms with Crippen LogP contribution in [0.2, 0.25) is 0 Å². The zero-order valence-corrected chi connectivity index (χ0v) is 15.3. The van der Waals surface area contributed by atoms with Gasteiger partial charge in [0, 0.05) is 35.6 Å². The second kappa shape index (κ2) is 6.67. The van der Waals surface area contributed by atoms with E-state index in [0.29, 0.717) is 6.04 Å². The van der Waals surface area contributed by atoms with E-state index in [9.17, 15) is 0 Å². The molecule has 26 heavy (non-hydrogen) atoms. The number of nitrogens with zero attached hydrogens (tertiary/aromatic N) is 4. The van der Waals surface area contributed by atoms with E-state index in [2.05, 4.69) is 56.2 Å². The minimum Gasteiger partial charge on any atom is -0.305 e. The standard InChI is InChI=1S/C21H20N4S/c1-4-16(12-22-9-1)17-7-8-20-21(23-15-25(20)13-17)19-6-2-10-24(19)14-18-5-3-11-26-18/h1,3-5,7-9,11-13,15,19H,2,6,10,14H2/t19-/m1/s1. The lowest BCUT2D eigenvalue weighted by Crippen LogP contribution is -2.22. The van der Waals surface area contributed by atoms with Crippen molar-refractivity contribution < 1.29 is 0 Å². The van der Waals surface area contributed by atoms with Gasteiger partial charge in [-0.2, -0.15) is 0 Å². The van der Waals surface area contributed by atoms with Crippen molar-refractivity contribution in [3.05, 3.63) is 77.3 Å². The summed E-state index contributed by atoms with van der Waals surface area (Å²) in [5, 5.41) is 2.16. The van der Waals surface area contributed by atoms with Crippen LogP contribution in [-0.2, 0) is 6.54 Å². The van der Waals surface area contributed by atoms with Crippen molar-refractivity contribution in [2.24, 2.45) is 0 Å². The zero-order chi connectivity index (χ0) is 17.3. The zero-order valence-electron chi connectivity index (χ0n) is 14.5. The van der Waals surface area contributed by atoms with Crippen LogP contribution in [0.25, 0.3) is 16.6 Å². The summed E-state index contributed by atoms with van der Waals surface area (Å²) in [7, 11) is 0. The molecule has 0 spiro atoms. The lowest BCUT2D eigenvalue weighted by molar-refractivity contribution is 0.248. The van der Waals surface area contributed by atoms with Crippen molar-refractivity contribution in [3.63, 3.8) is 0 Å². The van der Waals surface area contributed by atoms with Crippen LogP contribution >= 0.6 is 11.3 Å². The van der Waals surface area contributed by atoms with Gasteiger partial charge in [0.15, 0.2) is 0 Å². The quantitative estimate of drug-likeness (QED) is 0.524. The first-order chi connectivity index (χ1) is 12.9. The Kier molecular flexibility index (Phi) is 4.03. The van der Waals surface area contributed by atoms with Crippen molar-refractivity contribution in [1.29, 1.82) is 0 Å². The second-order valence-corrected chi connectivity index (χ2v) is 7.82. The largest absolute Gasteiger partial charge is 0.305 e. The van der Waals surface area contributed by atoms with Crippen molar-refractivity contribution >= 4 is 16.9 Å². The number of hydrogen-bond donors (Lipinski definition) is 0. The van der Waals surface area contributed by atoms with Gasteiger partial charge in [0.05, 0.1) is 23.6 Å². The Balaban J connectivity index is 1.47. The van der Waals surface area contributed by atoms with E-state index in [4.69, 9.17) is 4.98 Å². The molecule has 1 aliphatic heterocycles. The highest BCUT2D eigenvalue weighted by molar-refractivity contribution is 7.09. The van der Waals surface area contributed by atoms with Gasteiger partial charge < -0.3 is 4.40 Å². The fourth-order valence-electron chi connectivity index (χ4n) is 3.91. The third kappa shape index (κ3) is 2.83. The van der Waals surface area contributed by atoms with E-state index in [1.807, 2.05) is 29.9 Å². The molecule has 5 heteroatoms. The summed E-state index contributed by atoms with van der Waals surface area (Å²) in [5.41, 5.74) is 4.71. The van der Waals surface area contributed by atoms with Crippen LogP contribution in [0.4, 0.5) is 0 Å². The Morgan fingerprint density at radius 2 is 2.12 bits per heavy atom. The number of imidazole rings is 1. The summed E-state index contributed by atoms with van der Waals surface area (Å²) in [6.45, 7) is 2.17. The normalized spacial score (nSPS) is 17.9. The Labute approximate surface area is 156 Å². The summed E-state index contributed by atoms with van der Waals surface area (Å²) in [5.74, 6) is 0. The molecule has 0 unspecified atom stereocenters. The highest BCUT2D eigenvalue weighted by atomic mass is 32.1. The van der Waals surface area contributed by atoms with E-state index in [-0.39, 0.29) is 0 Å². The number of hydrogen-bond acceptors (Lipinski definition) is 4. The SMILES string of the molecule is c1cncc(-c2ccc3c([C@H]4CCCN4Cc4cccs4)ncn3c2)c1. The topological polar surface area (TPSA) is 33.4 Å². The highest BCUT2D eigenvalue weighted by Gasteiger charge is 2.29. The summed E-state index contributed by atoms with van der Waals surface area (Å²) in [6.07, 6.45) is 10.2. The van der Waals surface area contributed by atoms with Crippen LogP contribution < -0.4 is 0 Å². The number of pyridine rings is 2. The number of thiophene rings is 1. The molecule has 130 valence electrons. The van der Waals surface area contributed by atoms with Crippen LogP contribution in [-0.4, -0.2) is 25.8 Å². The van der Waals surface area contributed by atoms with Gasteiger partial charge in [-0.3, -0.25) is 9.88 Å². The van der Waals surface area contributed by atoms with Gasteiger partial charge in [0.2, 0.25) is 0 Å². The average molecular weight is 360 g/mol. The number of fused-ring (bicyclic) bond motifs is 1. The Bertz CT molecular complexity index is 1010. The summed E-state index contributed by atoms with van der Waals surface area (Å²) in [4.78, 5) is 13.0. The molecule has 4 nitrogen and oxygen atoms in total. The van der Waals surface area contributed by atoms with E-state index in [1.54, 1.807) is 6.20 Å². The van der Waals surface area contributed by atoms with Gasteiger partial charge in [-0.1, -0.05) is 18.2 Å². The average Bonchev–Trinajstić information content (AvgIpc) is 3.43. The predicted octanol–water partition coefficient (Wildman–Crippen LogP) is 4.79. The number of rotatable bonds is 4. The van der Waals surface area contributed by atoms with Gasteiger partial charge in [-0.15, -0.1) is 11.3 Å². The van der Waals surface area contributed by atoms with Gasteiger partial charge in [-0.05, 0) is 48.5 Å². The van der Waals surface area contributed by atoms with Crippen LogP contribution in [0.5, 0.6) is 0 Å². The van der Waals surface area contributed by atoms with Gasteiger partial charge in [0.25, 0.3) is 0 Å². The third-order valence-corrected chi connectivity index (χ3v) is 6.04. The fraction of sp³-hybridized carbons (Fsp3) is 0.238. The van der Waals surface area contributed by atoms with E-state index in [0.717, 1.165) is 24.2 Å². The molecule has 0 aliphatic carbocycles. The molecule has 4 aromatic rings. The van der Waals surface area contributed by atoms with E-state index < -0.39 is 0 Å². The maximum Gasteiger partial charge on any atom is 0.0996 e. The Morgan fingerprint density at radius 1 is 1.12 bits per heavy atom. The highest BCUT2D eigenvalue weighted by Crippen LogP contribution is 2.35. The number of likely N-dealkylation sites (tertiary alicyclic amines) is 1. The maximum absolute atomic E-state index is 4.80. The van der Waals surface area contributed by atoms with E-state index >= 15 is 0 Å².